The topological polar surface area (TPSA) is 88.3 Å². The fraction of sp³-hybridized carbons (Fsp3) is 0.600. The van der Waals surface area contributed by atoms with Gasteiger partial charge in [-0.1, -0.05) is 5.21 Å². The quantitative estimate of drug-likeness (QED) is 0.794. The van der Waals surface area contributed by atoms with Crippen molar-refractivity contribution in [1.82, 2.24) is 19.9 Å². The average molecular weight is 238 g/mol. The first-order chi connectivity index (χ1) is 8.00. The molecule has 1 aliphatic rings. The summed E-state index contributed by atoms with van der Waals surface area (Å²) in [7, 11) is 3.29. The van der Waals surface area contributed by atoms with Crippen LogP contribution in [0.1, 0.15) is 34.9 Å². The molecule has 7 heteroatoms. The van der Waals surface area contributed by atoms with Crippen molar-refractivity contribution in [2.45, 2.75) is 25.3 Å². The molecule has 7 nitrogen and oxygen atoms in total. The molecule has 17 heavy (non-hydrogen) atoms. The number of carboxylic acid groups (broad SMARTS) is 1. The predicted molar refractivity (Wildman–Crippen MR) is 57.7 cm³/mol. The minimum Gasteiger partial charge on any atom is -0.476 e. The van der Waals surface area contributed by atoms with Crippen LogP contribution in [0.5, 0.6) is 0 Å². The van der Waals surface area contributed by atoms with E-state index in [0.717, 1.165) is 12.8 Å². The number of amides is 1. The lowest BCUT2D eigenvalue weighted by Crippen LogP contribution is -2.27. The summed E-state index contributed by atoms with van der Waals surface area (Å²) in [4.78, 5) is 24.0. The summed E-state index contributed by atoms with van der Waals surface area (Å²) in [6.07, 6.45) is 1.87. The first-order valence-corrected chi connectivity index (χ1v) is 5.37. The number of hydrogen-bond donors (Lipinski definition) is 1. The van der Waals surface area contributed by atoms with Crippen molar-refractivity contribution >= 4 is 11.9 Å². The molecule has 0 spiro atoms. The summed E-state index contributed by atoms with van der Waals surface area (Å²) in [5, 5.41) is 16.4. The molecule has 1 amide bonds. The molecule has 0 radical (unpaired) electrons. The second-order valence-corrected chi connectivity index (χ2v) is 4.35. The van der Waals surface area contributed by atoms with Crippen molar-refractivity contribution < 1.29 is 14.7 Å². The highest BCUT2D eigenvalue weighted by atomic mass is 16.4. The Kier molecular flexibility index (Phi) is 2.83. The second kappa shape index (κ2) is 4.15. The third kappa shape index (κ3) is 2.27. The Bertz CT molecular complexity index is 462. The monoisotopic (exact) mass is 238 g/mol. The molecule has 1 heterocycles. The Morgan fingerprint density at radius 2 is 2.12 bits per heavy atom. The average Bonchev–Trinajstić information content (AvgIpc) is 3.00. The Labute approximate surface area is 98.0 Å². The zero-order valence-corrected chi connectivity index (χ0v) is 9.75. The number of carboxylic acids is 1. The molecule has 1 aliphatic carbocycles. The van der Waals surface area contributed by atoms with E-state index in [0.29, 0.717) is 5.69 Å². The van der Waals surface area contributed by atoms with Gasteiger partial charge in [-0.25, -0.2) is 9.48 Å². The van der Waals surface area contributed by atoms with Crippen molar-refractivity contribution in [3.63, 3.8) is 0 Å². The first-order valence-electron chi connectivity index (χ1n) is 5.37. The van der Waals surface area contributed by atoms with Gasteiger partial charge in [-0.2, -0.15) is 0 Å². The molecule has 1 fully saturated rings. The van der Waals surface area contributed by atoms with Crippen LogP contribution in [0.2, 0.25) is 0 Å². The van der Waals surface area contributed by atoms with Gasteiger partial charge in [0.25, 0.3) is 0 Å². The van der Waals surface area contributed by atoms with Crippen molar-refractivity contribution in [1.29, 1.82) is 0 Å². The maximum atomic E-state index is 11.6. The van der Waals surface area contributed by atoms with Crippen LogP contribution in [0, 0.1) is 0 Å². The van der Waals surface area contributed by atoms with Crippen LogP contribution in [-0.4, -0.2) is 51.0 Å². The number of aromatic nitrogens is 3. The molecule has 92 valence electrons. The van der Waals surface area contributed by atoms with Gasteiger partial charge in [-0.3, -0.25) is 4.79 Å². The number of carbonyl (C=O) groups excluding carboxylic acids is 1. The lowest BCUT2D eigenvalue weighted by molar-refractivity contribution is -0.129. The molecule has 0 atom stereocenters. The van der Waals surface area contributed by atoms with Gasteiger partial charge in [0.1, 0.15) is 6.54 Å². The number of rotatable bonds is 4. The number of hydrogen-bond acceptors (Lipinski definition) is 4. The van der Waals surface area contributed by atoms with Crippen molar-refractivity contribution in [2.24, 2.45) is 0 Å². The normalized spacial score (nSPS) is 14.7. The molecule has 1 aromatic heterocycles. The fourth-order valence-electron chi connectivity index (χ4n) is 1.62. The maximum Gasteiger partial charge on any atom is 0.358 e. The van der Waals surface area contributed by atoms with E-state index in [1.807, 2.05) is 0 Å². The van der Waals surface area contributed by atoms with Crippen LogP contribution < -0.4 is 0 Å². The Balaban J connectivity index is 2.28. The van der Waals surface area contributed by atoms with Crippen LogP contribution in [0.3, 0.4) is 0 Å². The molecule has 0 bridgehead atoms. The van der Waals surface area contributed by atoms with Gasteiger partial charge in [-0.05, 0) is 12.8 Å². The van der Waals surface area contributed by atoms with Gasteiger partial charge in [-0.15, -0.1) is 5.10 Å². The van der Waals surface area contributed by atoms with Crippen molar-refractivity contribution in [3.05, 3.63) is 11.4 Å². The summed E-state index contributed by atoms with van der Waals surface area (Å²) in [6, 6.07) is 0. The van der Waals surface area contributed by atoms with E-state index in [1.165, 1.54) is 9.58 Å². The lowest BCUT2D eigenvalue weighted by Gasteiger charge is -2.11. The summed E-state index contributed by atoms with van der Waals surface area (Å²) in [5.41, 5.74) is 0.548. The molecular formula is C10H14N4O3. The molecule has 2 rings (SSSR count). The van der Waals surface area contributed by atoms with Crippen molar-refractivity contribution in [3.8, 4) is 0 Å². The number of carbonyl (C=O) groups is 2. The Morgan fingerprint density at radius 1 is 1.47 bits per heavy atom. The molecular weight excluding hydrogens is 224 g/mol. The van der Waals surface area contributed by atoms with Crippen LogP contribution >= 0.6 is 0 Å². The molecule has 0 saturated heterocycles. The summed E-state index contributed by atoms with van der Waals surface area (Å²) >= 11 is 0. The highest BCUT2D eigenvalue weighted by molar-refractivity contribution is 5.87. The SMILES string of the molecule is CN(C)C(=O)Cn1nnc(C(=O)O)c1C1CC1. The standard InChI is InChI=1S/C10H14N4O3/c1-13(2)7(15)5-14-9(6-3-4-6)8(10(16)17)11-12-14/h6H,3-5H2,1-2H3,(H,16,17). The van der Waals surface area contributed by atoms with Gasteiger partial charge in [0.15, 0.2) is 5.69 Å². The second-order valence-electron chi connectivity index (χ2n) is 4.35. The van der Waals surface area contributed by atoms with Gasteiger partial charge < -0.3 is 10.0 Å². The summed E-state index contributed by atoms with van der Waals surface area (Å²) in [5.74, 6) is -1.03. The van der Waals surface area contributed by atoms with Gasteiger partial charge >= 0.3 is 5.97 Å². The number of likely N-dealkylation sites (N-methyl/N-ethyl adjacent to an activating group) is 1. The van der Waals surface area contributed by atoms with Crippen LogP contribution in [-0.2, 0) is 11.3 Å². The number of aromatic carboxylic acids is 1. The van der Waals surface area contributed by atoms with Crippen LogP contribution in [0.4, 0.5) is 0 Å². The van der Waals surface area contributed by atoms with Crippen molar-refractivity contribution in [2.75, 3.05) is 14.1 Å². The van der Waals surface area contributed by atoms with Gasteiger partial charge in [0.2, 0.25) is 5.91 Å². The fourth-order valence-corrected chi connectivity index (χ4v) is 1.62. The highest BCUT2D eigenvalue weighted by Crippen LogP contribution is 2.41. The molecule has 1 aromatic rings. The molecule has 0 aromatic carbocycles. The zero-order chi connectivity index (χ0) is 12.6. The first kappa shape index (κ1) is 11.6. The minimum absolute atomic E-state index is 0.0287. The van der Waals surface area contributed by atoms with Gasteiger partial charge in [0.05, 0.1) is 5.69 Å². The van der Waals surface area contributed by atoms with E-state index in [4.69, 9.17) is 5.11 Å². The van der Waals surface area contributed by atoms with E-state index in [2.05, 4.69) is 10.3 Å². The molecule has 1 N–H and O–H groups in total. The Morgan fingerprint density at radius 3 is 2.59 bits per heavy atom. The Hall–Kier alpha value is -1.92. The van der Waals surface area contributed by atoms with Crippen LogP contribution in [0.15, 0.2) is 0 Å². The van der Waals surface area contributed by atoms with Crippen LogP contribution in [0.25, 0.3) is 0 Å². The van der Waals surface area contributed by atoms with Gasteiger partial charge in [0, 0.05) is 20.0 Å². The summed E-state index contributed by atoms with van der Waals surface area (Å²) in [6.45, 7) is 0.0408. The molecule has 0 unspecified atom stereocenters. The summed E-state index contributed by atoms with van der Waals surface area (Å²) < 4.78 is 1.41. The number of nitrogens with zero attached hydrogens (tertiary/aromatic N) is 4. The van der Waals surface area contributed by atoms with E-state index < -0.39 is 5.97 Å². The minimum atomic E-state index is -1.09. The lowest BCUT2D eigenvalue weighted by atomic mass is 10.2. The largest absolute Gasteiger partial charge is 0.476 e. The highest BCUT2D eigenvalue weighted by Gasteiger charge is 2.34. The van der Waals surface area contributed by atoms with E-state index in [9.17, 15) is 9.59 Å². The third-order valence-electron chi connectivity index (χ3n) is 2.72. The van der Waals surface area contributed by atoms with E-state index in [-0.39, 0.29) is 24.1 Å². The third-order valence-corrected chi connectivity index (χ3v) is 2.72. The molecule has 1 saturated carbocycles. The predicted octanol–water partition coefficient (Wildman–Crippen LogP) is -0.0581. The van der Waals surface area contributed by atoms with E-state index >= 15 is 0 Å². The molecule has 0 aliphatic heterocycles. The zero-order valence-electron chi connectivity index (χ0n) is 9.75. The maximum absolute atomic E-state index is 11.6. The smallest absolute Gasteiger partial charge is 0.358 e. The van der Waals surface area contributed by atoms with E-state index in [1.54, 1.807) is 14.1 Å².